The zero-order valence-electron chi connectivity index (χ0n) is 11.4. The van der Waals surface area contributed by atoms with Gasteiger partial charge in [-0.05, 0) is 43.0 Å². The van der Waals surface area contributed by atoms with E-state index in [4.69, 9.17) is 0 Å². The number of thioether (sulfide) groups is 1. The monoisotopic (exact) mass is 288 g/mol. The van der Waals surface area contributed by atoms with Crippen molar-refractivity contribution in [3.8, 4) is 0 Å². The standard InChI is InChI=1S/C15H16N2O2S/c1-11-3-4-12(9-15(11)17(18)19)10-16-13-5-7-14(20-2)8-6-13/h3-9,16H,10H2,1-2H3. The Balaban J connectivity index is 2.06. The van der Waals surface area contributed by atoms with Crippen molar-refractivity contribution in [3.63, 3.8) is 0 Å². The molecule has 0 unspecified atom stereocenters. The molecular weight excluding hydrogens is 272 g/mol. The summed E-state index contributed by atoms with van der Waals surface area (Å²) in [5.41, 5.74) is 2.76. The van der Waals surface area contributed by atoms with Crippen LogP contribution in [0.4, 0.5) is 11.4 Å². The van der Waals surface area contributed by atoms with Crippen LogP contribution in [0.3, 0.4) is 0 Å². The predicted octanol–water partition coefficient (Wildman–Crippen LogP) is 4.24. The van der Waals surface area contributed by atoms with Crippen LogP contribution in [0.25, 0.3) is 0 Å². The Kier molecular flexibility index (Phi) is 4.63. The maximum absolute atomic E-state index is 10.9. The van der Waals surface area contributed by atoms with Gasteiger partial charge in [0, 0.05) is 28.8 Å². The Bertz CT molecular complexity index is 612. The number of nitro groups is 1. The SMILES string of the molecule is CSc1ccc(NCc2ccc(C)c([N+](=O)[O-])c2)cc1. The molecule has 0 aromatic heterocycles. The van der Waals surface area contributed by atoms with Gasteiger partial charge in [0.2, 0.25) is 0 Å². The minimum Gasteiger partial charge on any atom is -0.381 e. The summed E-state index contributed by atoms with van der Waals surface area (Å²) in [7, 11) is 0. The van der Waals surface area contributed by atoms with E-state index in [0.717, 1.165) is 11.3 Å². The fourth-order valence-corrected chi connectivity index (χ4v) is 2.28. The fraction of sp³-hybridized carbons (Fsp3) is 0.200. The molecule has 2 aromatic carbocycles. The molecule has 2 rings (SSSR count). The van der Waals surface area contributed by atoms with Crippen molar-refractivity contribution in [2.45, 2.75) is 18.4 Å². The van der Waals surface area contributed by atoms with Crippen molar-refractivity contribution < 1.29 is 4.92 Å². The molecule has 0 amide bonds. The van der Waals surface area contributed by atoms with Crippen LogP contribution in [0.1, 0.15) is 11.1 Å². The molecule has 0 saturated carbocycles. The van der Waals surface area contributed by atoms with E-state index in [0.29, 0.717) is 12.1 Å². The highest BCUT2D eigenvalue weighted by Gasteiger charge is 2.10. The lowest BCUT2D eigenvalue weighted by molar-refractivity contribution is -0.385. The van der Waals surface area contributed by atoms with Gasteiger partial charge >= 0.3 is 0 Å². The van der Waals surface area contributed by atoms with Gasteiger partial charge in [-0.15, -0.1) is 11.8 Å². The number of nitrogens with zero attached hydrogens (tertiary/aromatic N) is 1. The molecule has 0 bridgehead atoms. The normalized spacial score (nSPS) is 10.3. The Morgan fingerprint density at radius 1 is 1.20 bits per heavy atom. The van der Waals surface area contributed by atoms with Crippen LogP contribution >= 0.6 is 11.8 Å². The highest BCUT2D eigenvalue weighted by Crippen LogP contribution is 2.21. The maximum atomic E-state index is 10.9. The van der Waals surface area contributed by atoms with Crippen molar-refractivity contribution in [1.82, 2.24) is 0 Å². The summed E-state index contributed by atoms with van der Waals surface area (Å²) < 4.78 is 0. The second kappa shape index (κ2) is 6.43. The number of nitrogens with one attached hydrogen (secondary N) is 1. The van der Waals surface area contributed by atoms with Crippen LogP contribution < -0.4 is 5.32 Å². The summed E-state index contributed by atoms with van der Waals surface area (Å²) in [4.78, 5) is 11.8. The number of benzene rings is 2. The van der Waals surface area contributed by atoms with Crippen LogP contribution in [0, 0.1) is 17.0 Å². The second-order valence-electron chi connectivity index (χ2n) is 4.46. The van der Waals surface area contributed by atoms with Gasteiger partial charge in [0.25, 0.3) is 5.69 Å². The zero-order chi connectivity index (χ0) is 14.5. The quantitative estimate of drug-likeness (QED) is 0.508. The topological polar surface area (TPSA) is 55.2 Å². The van der Waals surface area contributed by atoms with E-state index in [-0.39, 0.29) is 10.6 Å². The number of rotatable bonds is 5. The summed E-state index contributed by atoms with van der Waals surface area (Å²) in [5.74, 6) is 0. The zero-order valence-corrected chi connectivity index (χ0v) is 12.2. The van der Waals surface area contributed by atoms with Crippen molar-refractivity contribution in [3.05, 3.63) is 63.7 Å². The average Bonchev–Trinajstić information content (AvgIpc) is 2.46. The fourth-order valence-electron chi connectivity index (χ4n) is 1.87. The smallest absolute Gasteiger partial charge is 0.272 e. The van der Waals surface area contributed by atoms with Gasteiger partial charge in [-0.2, -0.15) is 0 Å². The predicted molar refractivity (Wildman–Crippen MR) is 83.4 cm³/mol. The number of nitro benzene ring substituents is 1. The van der Waals surface area contributed by atoms with Gasteiger partial charge in [0.1, 0.15) is 0 Å². The van der Waals surface area contributed by atoms with Crippen LogP contribution in [0.15, 0.2) is 47.4 Å². The molecule has 0 spiro atoms. The third kappa shape index (κ3) is 3.51. The Morgan fingerprint density at radius 2 is 1.90 bits per heavy atom. The molecule has 0 aliphatic heterocycles. The molecule has 2 aromatic rings. The van der Waals surface area contributed by atoms with Gasteiger partial charge in [0.15, 0.2) is 0 Å². The molecule has 0 fully saturated rings. The Morgan fingerprint density at radius 3 is 2.50 bits per heavy atom. The van der Waals surface area contributed by atoms with E-state index in [1.807, 2.05) is 36.6 Å². The van der Waals surface area contributed by atoms with Crippen molar-refractivity contribution in [2.24, 2.45) is 0 Å². The first-order chi connectivity index (χ1) is 9.60. The molecule has 5 heteroatoms. The maximum Gasteiger partial charge on any atom is 0.272 e. The molecule has 0 radical (unpaired) electrons. The Labute approximate surface area is 122 Å². The molecule has 20 heavy (non-hydrogen) atoms. The van der Waals surface area contributed by atoms with Crippen LogP contribution in [0.5, 0.6) is 0 Å². The van der Waals surface area contributed by atoms with Gasteiger partial charge < -0.3 is 5.32 Å². The second-order valence-corrected chi connectivity index (χ2v) is 5.34. The Hall–Kier alpha value is -2.01. The van der Waals surface area contributed by atoms with Crippen molar-refractivity contribution in [2.75, 3.05) is 11.6 Å². The lowest BCUT2D eigenvalue weighted by Gasteiger charge is -2.08. The molecule has 0 saturated heterocycles. The highest BCUT2D eigenvalue weighted by molar-refractivity contribution is 7.98. The summed E-state index contributed by atoms with van der Waals surface area (Å²) in [6.45, 7) is 2.32. The van der Waals surface area contributed by atoms with Gasteiger partial charge in [-0.25, -0.2) is 0 Å². The van der Waals surface area contributed by atoms with Crippen LogP contribution in [0.2, 0.25) is 0 Å². The van der Waals surface area contributed by atoms with E-state index in [1.54, 1.807) is 30.8 Å². The highest BCUT2D eigenvalue weighted by atomic mass is 32.2. The van der Waals surface area contributed by atoms with Crippen LogP contribution in [-0.2, 0) is 6.54 Å². The third-order valence-electron chi connectivity index (χ3n) is 3.06. The third-order valence-corrected chi connectivity index (χ3v) is 3.80. The van der Waals surface area contributed by atoms with E-state index in [2.05, 4.69) is 5.32 Å². The lowest BCUT2D eigenvalue weighted by Crippen LogP contribution is -2.01. The van der Waals surface area contributed by atoms with E-state index >= 15 is 0 Å². The van der Waals surface area contributed by atoms with Crippen molar-refractivity contribution in [1.29, 1.82) is 0 Å². The first-order valence-electron chi connectivity index (χ1n) is 6.22. The summed E-state index contributed by atoms with van der Waals surface area (Å²) in [6, 6.07) is 13.4. The molecular formula is C15H16N2O2S. The number of aryl methyl sites for hydroxylation is 1. The lowest BCUT2D eigenvalue weighted by atomic mass is 10.1. The minimum absolute atomic E-state index is 0.169. The van der Waals surface area contributed by atoms with E-state index in [1.165, 1.54) is 4.90 Å². The molecule has 0 heterocycles. The van der Waals surface area contributed by atoms with E-state index < -0.39 is 0 Å². The van der Waals surface area contributed by atoms with Gasteiger partial charge in [0.05, 0.1) is 4.92 Å². The summed E-state index contributed by atoms with van der Waals surface area (Å²) in [6.07, 6.45) is 2.04. The largest absolute Gasteiger partial charge is 0.381 e. The summed E-state index contributed by atoms with van der Waals surface area (Å²) in [5, 5.41) is 14.2. The first-order valence-corrected chi connectivity index (χ1v) is 7.44. The summed E-state index contributed by atoms with van der Waals surface area (Å²) >= 11 is 1.70. The molecule has 1 N–H and O–H groups in total. The average molecular weight is 288 g/mol. The number of anilines is 1. The minimum atomic E-state index is -0.341. The molecule has 0 aliphatic rings. The molecule has 104 valence electrons. The molecule has 0 atom stereocenters. The van der Waals surface area contributed by atoms with Crippen molar-refractivity contribution >= 4 is 23.1 Å². The number of hydrogen-bond acceptors (Lipinski definition) is 4. The van der Waals surface area contributed by atoms with Gasteiger partial charge in [-0.1, -0.05) is 12.1 Å². The van der Waals surface area contributed by atoms with E-state index in [9.17, 15) is 10.1 Å². The molecule has 0 aliphatic carbocycles. The number of hydrogen-bond donors (Lipinski definition) is 1. The molecule has 4 nitrogen and oxygen atoms in total. The van der Waals surface area contributed by atoms with Crippen LogP contribution in [-0.4, -0.2) is 11.2 Å². The first kappa shape index (κ1) is 14.4. The van der Waals surface area contributed by atoms with Gasteiger partial charge in [-0.3, -0.25) is 10.1 Å².